The number of nitrogens with zero attached hydrogens (tertiary/aromatic N) is 3. The Labute approximate surface area is 118 Å². The van der Waals surface area contributed by atoms with E-state index in [1.807, 2.05) is 11.9 Å². The molecule has 0 spiro atoms. The molecular weight excluding hydrogens is 264 g/mol. The van der Waals surface area contributed by atoms with Crippen LogP contribution in [0, 0.1) is 5.92 Å². The summed E-state index contributed by atoms with van der Waals surface area (Å²) < 4.78 is 0. The van der Waals surface area contributed by atoms with E-state index in [2.05, 4.69) is 10.1 Å². The molecule has 1 aliphatic rings. The van der Waals surface area contributed by atoms with E-state index >= 15 is 0 Å². The first-order chi connectivity index (χ1) is 9.13. The predicted octanol–water partition coefficient (Wildman–Crippen LogP) is 2.46. The average Bonchev–Trinajstić information content (AvgIpc) is 2.90. The maximum atomic E-state index is 8.74. The lowest BCUT2D eigenvalue weighted by molar-refractivity contribution is 0.318. The van der Waals surface area contributed by atoms with E-state index in [1.54, 1.807) is 12.3 Å². The van der Waals surface area contributed by atoms with Gasteiger partial charge >= 0.3 is 0 Å². The Hall–Kier alpha value is -1.49. The molecule has 6 heteroatoms. The molecule has 5 nitrogen and oxygen atoms in total. The second kappa shape index (κ2) is 6.10. The summed E-state index contributed by atoms with van der Waals surface area (Å²) in [5.74, 6) is 1.39. The monoisotopic (exact) mass is 282 g/mol. The highest BCUT2D eigenvalue weighted by Crippen LogP contribution is 2.30. The van der Waals surface area contributed by atoms with Crippen LogP contribution >= 0.6 is 11.6 Å². The van der Waals surface area contributed by atoms with Gasteiger partial charge in [-0.2, -0.15) is 0 Å². The van der Waals surface area contributed by atoms with Crippen molar-refractivity contribution < 1.29 is 5.21 Å². The Morgan fingerprint density at radius 3 is 2.89 bits per heavy atom. The number of oxime groups is 1. The number of pyridine rings is 1. The smallest absolute Gasteiger partial charge is 0.171 e. The maximum Gasteiger partial charge on any atom is 0.171 e. The zero-order valence-electron chi connectivity index (χ0n) is 11.0. The van der Waals surface area contributed by atoms with E-state index in [-0.39, 0.29) is 5.84 Å². The number of hydrogen-bond donors (Lipinski definition) is 2. The van der Waals surface area contributed by atoms with Crippen LogP contribution in [0.5, 0.6) is 0 Å². The number of hydrogen-bond acceptors (Lipinski definition) is 4. The van der Waals surface area contributed by atoms with Crippen molar-refractivity contribution in [3.05, 3.63) is 22.8 Å². The van der Waals surface area contributed by atoms with E-state index in [4.69, 9.17) is 22.5 Å². The SMILES string of the molecule is CN(CC1CCCC1)c1nccc(/C(N)=N/O)c1Cl. The first-order valence-corrected chi connectivity index (χ1v) is 6.84. The van der Waals surface area contributed by atoms with Gasteiger partial charge < -0.3 is 15.8 Å². The van der Waals surface area contributed by atoms with Crippen molar-refractivity contribution >= 4 is 23.3 Å². The number of halogens is 1. The Morgan fingerprint density at radius 1 is 1.58 bits per heavy atom. The van der Waals surface area contributed by atoms with Crippen molar-refractivity contribution in [2.24, 2.45) is 16.8 Å². The first kappa shape index (κ1) is 13.9. The highest BCUT2D eigenvalue weighted by molar-refractivity contribution is 6.36. The van der Waals surface area contributed by atoms with Gasteiger partial charge in [-0.15, -0.1) is 0 Å². The second-order valence-electron chi connectivity index (χ2n) is 5.01. The Kier molecular flexibility index (Phi) is 4.47. The second-order valence-corrected chi connectivity index (χ2v) is 5.39. The fourth-order valence-electron chi connectivity index (χ4n) is 2.62. The predicted molar refractivity (Wildman–Crippen MR) is 77.0 cm³/mol. The van der Waals surface area contributed by atoms with Crippen molar-refractivity contribution in [2.75, 3.05) is 18.5 Å². The molecule has 2 rings (SSSR count). The molecule has 0 aliphatic heterocycles. The summed E-state index contributed by atoms with van der Waals surface area (Å²) >= 11 is 6.29. The van der Waals surface area contributed by atoms with Crippen molar-refractivity contribution in [2.45, 2.75) is 25.7 Å². The van der Waals surface area contributed by atoms with E-state index in [9.17, 15) is 0 Å². The lowest BCUT2D eigenvalue weighted by atomic mass is 10.1. The minimum Gasteiger partial charge on any atom is -0.409 e. The molecule has 0 unspecified atom stereocenters. The van der Waals surface area contributed by atoms with Gasteiger partial charge in [-0.05, 0) is 24.8 Å². The van der Waals surface area contributed by atoms with Gasteiger partial charge in [0.2, 0.25) is 0 Å². The Balaban J connectivity index is 2.19. The summed E-state index contributed by atoms with van der Waals surface area (Å²) in [6.45, 7) is 0.937. The van der Waals surface area contributed by atoms with Crippen LogP contribution < -0.4 is 10.6 Å². The summed E-state index contributed by atoms with van der Waals surface area (Å²) in [5, 5.41) is 12.2. The fraction of sp³-hybridized carbons (Fsp3) is 0.538. The minimum atomic E-state index is 0.00270. The van der Waals surface area contributed by atoms with Crippen LogP contribution in [0.15, 0.2) is 17.4 Å². The highest BCUT2D eigenvalue weighted by Gasteiger charge is 2.20. The normalized spacial score (nSPS) is 16.8. The van der Waals surface area contributed by atoms with Gasteiger partial charge in [0, 0.05) is 25.4 Å². The quantitative estimate of drug-likeness (QED) is 0.385. The van der Waals surface area contributed by atoms with E-state index in [1.165, 1.54) is 25.7 Å². The molecule has 1 heterocycles. The van der Waals surface area contributed by atoms with Crippen LogP contribution in [-0.2, 0) is 0 Å². The number of rotatable bonds is 4. The first-order valence-electron chi connectivity index (χ1n) is 6.47. The van der Waals surface area contributed by atoms with Crippen LogP contribution in [-0.4, -0.2) is 29.6 Å². The summed E-state index contributed by atoms with van der Waals surface area (Å²) in [5.41, 5.74) is 6.10. The molecule has 0 bridgehead atoms. The van der Waals surface area contributed by atoms with Crippen LogP contribution in [0.3, 0.4) is 0 Å². The van der Waals surface area contributed by atoms with Crippen LogP contribution in [0.25, 0.3) is 0 Å². The molecule has 0 aromatic carbocycles. The molecule has 1 aromatic rings. The van der Waals surface area contributed by atoms with Gasteiger partial charge in [0.15, 0.2) is 5.84 Å². The molecule has 1 saturated carbocycles. The fourth-order valence-corrected chi connectivity index (χ4v) is 2.97. The zero-order valence-corrected chi connectivity index (χ0v) is 11.8. The van der Waals surface area contributed by atoms with Crippen molar-refractivity contribution in [3.63, 3.8) is 0 Å². The topological polar surface area (TPSA) is 74.7 Å². The third-order valence-corrected chi connectivity index (χ3v) is 4.00. The molecular formula is C13H19ClN4O. The van der Waals surface area contributed by atoms with Gasteiger partial charge in [-0.1, -0.05) is 29.6 Å². The molecule has 1 aliphatic carbocycles. The number of nitrogens with two attached hydrogens (primary N) is 1. The minimum absolute atomic E-state index is 0.00270. The van der Waals surface area contributed by atoms with Gasteiger partial charge in [0.05, 0.1) is 5.02 Å². The summed E-state index contributed by atoms with van der Waals surface area (Å²) in [4.78, 5) is 6.35. The molecule has 0 atom stereocenters. The van der Waals surface area contributed by atoms with Crippen molar-refractivity contribution in [3.8, 4) is 0 Å². The van der Waals surface area contributed by atoms with Crippen LogP contribution in [0.2, 0.25) is 5.02 Å². The zero-order chi connectivity index (χ0) is 13.8. The van der Waals surface area contributed by atoms with Gasteiger partial charge in [-0.3, -0.25) is 0 Å². The molecule has 0 amide bonds. The van der Waals surface area contributed by atoms with E-state index in [0.29, 0.717) is 22.3 Å². The Bertz CT molecular complexity index is 472. The highest BCUT2D eigenvalue weighted by atomic mass is 35.5. The summed E-state index contributed by atoms with van der Waals surface area (Å²) in [6.07, 6.45) is 6.77. The van der Waals surface area contributed by atoms with Crippen LogP contribution in [0.4, 0.5) is 5.82 Å². The number of aromatic nitrogens is 1. The largest absolute Gasteiger partial charge is 0.409 e. The third-order valence-electron chi connectivity index (χ3n) is 3.62. The van der Waals surface area contributed by atoms with Crippen LogP contribution in [0.1, 0.15) is 31.2 Å². The standard InChI is InChI=1S/C13H19ClN4O/c1-18(8-9-4-2-3-5-9)13-11(14)10(6-7-16-13)12(15)17-19/h6-7,9,19H,2-5,8H2,1H3,(H2,15,17). The van der Waals surface area contributed by atoms with E-state index in [0.717, 1.165) is 6.54 Å². The molecule has 1 fully saturated rings. The molecule has 19 heavy (non-hydrogen) atoms. The summed E-state index contributed by atoms with van der Waals surface area (Å²) in [7, 11) is 1.97. The molecule has 1 aromatic heterocycles. The van der Waals surface area contributed by atoms with Crippen molar-refractivity contribution in [1.29, 1.82) is 0 Å². The van der Waals surface area contributed by atoms with Gasteiger partial charge in [-0.25, -0.2) is 4.98 Å². The molecule has 0 saturated heterocycles. The Morgan fingerprint density at radius 2 is 2.26 bits per heavy atom. The molecule has 3 N–H and O–H groups in total. The number of amidine groups is 1. The lowest BCUT2D eigenvalue weighted by Gasteiger charge is -2.23. The van der Waals surface area contributed by atoms with Gasteiger partial charge in [0.25, 0.3) is 0 Å². The van der Waals surface area contributed by atoms with E-state index < -0.39 is 0 Å². The average molecular weight is 283 g/mol. The lowest BCUT2D eigenvalue weighted by Crippen LogP contribution is -2.26. The third kappa shape index (κ3) is 3.10. The molecule has 0 radical (unpaired) electrons. The molecule has 104 valence electrons. The summed E-state index contributed by atoms with van der Waals surface area (Å²) in [6, 6.07) is 1.64. The van der Waals surface area contributed by atoms with Gasteiger partial charge in [0.1, 0.15) is 5.82 Å². The maximum absolute atomic E-state index is 8.74. The number of anilines is 1. The van der Waals surface area contributed by atoms with Crippen molar-refractivity contribution in [1.82, 2.24) is 4.98 Å².